The van der Waals surface area contributed by atoms with Gasteiger partial charge < -0.3 is 15.4 Å². The highest BCUT2D eigenvalue weighted by atomic mass is 32.2. The van der Waals surface area contributed by atoms with Crippen molar-refractivity contribution in [2.24, 2.45) is 0 Å². The van der Waals surface area contributed by atoms with Gasteiger partial charge in [-0.05, 0) is 69.0 Å². The number of pyridine rings is 2. The predicted molar refractivity (Wildman–Crippen MR) is 151 cm³/mol. The highest BCUT2D eigenvalue weighted by molar-refractivity contribution is 7.90. The van der Waals surface area contributed by atoms with Gasteiger partial charge in [0.1, 0.15) is 17.1 Å². The smallest absolute Gasteiger partial charge is 0.281 e. The topological polar surface area (TPSA) is 153 Å². The molecule has 3 N–H and O–H groups in total. The van der Waals surface area contributed by atoms with Gasteiger partial charge in [-0.25, -0.2) is 24.7 Å². The summed E-state index contributed by atoms with van der Waals surface area (Å²) >= 11 is 0. The molecule has 0 spiro atoms. The minimum atomic E-state index is -4.32. The first kappa shape index (κ1) is 27.0. The van der Waals surface area contributed by atoms with Crippen LogP contribution in [0.1, 0.15) is 39.9 Å². The van der Waals surface area contributed by atoms with Gasteiger partial charge in [-0.1, -0.05) is 23.8 Å². The predicted octanol–water partition coefficient (Wildman–Crippen LogP) is 3.95. The van der Waals surface area contributed by atoms with Crippen LogP contribution < -0.4 is 20.1 Å². The van der Waals surface area contributed by atoms with Crippen molar-refractivity contribution >= 4 is 27.7 Å². The second-order valence-corrected chi connectivity index (χ2v) is 11.3. The van der Waals surface area contributed by atoms with Crippen LogP contribution in [-0.2, 0) is 10.0 Å². The van der Waals surface area contributed by atoms with Crippen molar-refractivity contribution in [1.82, 2.24) is 24.7 Å². The van der Waals surface area contributed by atoms with Gasteiger partial charge in [0.05, 0.1) is 5.69 Å². The summed E-state index contributed by atoms with van der Waals surface area (Å²) in [4.78, 5) is 32.8. The van der Waals surface area contributed by atoms with Crippen LogP contribution in [-0.4, -0.2) is 47.4 Å². The Kier molecular flexibility index (Phi) is 7.35. The van der Waals surface area contributed by atoms with Gasteiger partial charge in [0.25, 0.3) is 15.9 Å². The van der Waals surface area contributed by atoms with E-state index in [0.29, 0.717) is 23.0 Å². The third-order valence-corrected chi connectivity index (χ3v) is 7.71. The molecule has 1 saturated heterocycles. The number of amides is 1. The van der Waals surface area contributed by atoms with Crippen LogP contribution in [0.15, 0.2) is 59.9 Å². The van der Waals surface area contributed by atoms with E-state index in [9.17, 15) is 13.2 Å². The number of nitrogens with one attached hydrogen (secondary N) is 1. The number of ether oxygens (including phenoxy) is 1. The molecule has 4 aromatic rings. The summed E-state index contributed by atoms with van der Waals surface area (Å²) in [6.07, 6.45) is 5.56. The average molecular weight is 560 g/mol. The maximum atomic E-state index is 13.3. The van der Waals surface area contributed by atoms with Crippen LogP contribution in [0, 0.1) is 20.8 Å². The molecule has 1 aliphatic rings. The molecule has 5 rings (SSSR count). The van der Waals surface area contributed by atoms with E-state index in [0.717, 1.165) is 42.6 Å². The van der Waals surface area contributed by atoms with Crippen molar-refractivity contribution in [3.8, 4) is 22.9 Å². The highest BCUT2D eigenvalue weighted by Crippen LogP contribution is 2.32. The SMILES string of the molecule is Cc1cc(C)c(Oc2nc(-c3cnc(N4CCCC4)nc3)ccc2C(=O)NS(=O)(=O)c2cccc(N)n2)c(C)c1. The van der Waals surface area contributed by atoms with E-state index in [1.807, 2.05) is 37.6 Å². The number of carbonyl (C=O) groups is 1. The number of rotatable bonds is 7. The molecule has 0 saturated carbocycles. The van der Waals surface area contributed by atoms with Crippen LogP contribution in [0.5, 0.6) is 11.6 Å². The normalized spacial score (nSPS) is 13.3. The number of hydrogen-bond acceptors (Lipinski definition) is 10. The third-order valence-electron chi connectivity index (χ3n) is 6.48. The first-order chi connectivity index (χ1) is 19.1. The molecule has 40 heavy (non-hydrogen) atoms. The standard InChI is InChI=1S/C28H29N7O4S/c1-17-13-18(2)25(19(3)14-17)39-27-21(26(36)34-40(37,38)24-8-6-7-23(29)33-24)9-10-22(32-27)20-15-30-28(31-16-20)35-11-4-5-12-35/h6-10,13-16H,4-5,11-12H2,1-3H3,(H2,29,33)(H,34,36). The molecule has 0 aliphatic carbocycles. The lowest BCUT2D eigenvalue weighted by Crippen LogP contribution is -2.31. The molecular formula is C28H29N7O4S. The van der Waals surface area contributed by atoms with Crippen molar-refractivity contribution in [2.45, 2.75) is 38.6 Å². The van der Waals surface area contributed by atoms with Crippen molar-refractivity contribution in [3.05, 3.63) is 77.1 Å². The van der Waals surface area contributed by atoms with E-state index in [2.05, 4.69) is 24.8 Å². The Morgan fingerprint density at radius 2 is 1.65 bits per heavy atom. The molecule has 1 fully saturated rings. The third kappa shape index (κ3) is 5.71. The summed E-state index contributed by atoms with van der Waals surface area (Å²) in [6, 6.07) is 11.1. The molecule has 12 heteroatoms. The lowest BCUT2D eigenvalue weighted by atomic mass is 10.1. The van der Waals surface area contributed by atoms with Crippen molar-refractivity contribution in [2.75, 3.05) is 23.7 Å². The summed E-state index contributed by atoms with van der Waals surface area (Å²) < 4.78 is 34.0. The first-order valence-corrected chi connectivity index (χ1v) is 14.2. The lowest BCUT2D eigenvalue weighted by molar-refractivity contribution is 0.0978. The van der Waals surface area contributed by atoms with E-state index in [1.54, 1.807) is 18.5 Å². The number of sulfonamides is 1. The van der Waals surface area contributed by atoms with Crippen LogP contribution in [0.2, 0.25) is 0 Å². The van der Waals surface area contributed by atoms with Gasteiger partial charge in [0, 0.05) is 31.0 Å². The molecule has 206 valence electrons. The molecule has 11 nitrogen and oxygen atoms in total. The monoisotopic (exact) mass is 559 g/mol. The van der Waals surface area contributed by atoms with Crippen molar-refractivity contribution < 1.29 is 17.9 Å². The van der Waals surface area contributed by atoms with E-state index in [4.69, 9.17) is 10.5 Å². The van der Waals surface area contributed by atoms with E-state index >= 15 is 0 Å². The quantitative estimate of drug-likeness (QED) is 0.340. The molecule has 4 heterocycles. The van der Waals surface area contributed by atoms with Gasteiger partial charge in [-0.2, -0.15) is 8.42 Å². The summed E-state index contributed by atoms with van der Waals surface area (Å²) in [7, 11) is -4.32. The largest absolute Gasteiger partial charge is 0.438 e. The van der Waals surface area contributed by atoms with Crippen LogP contribution >= 0.6 is 0 Å². The maximum Gasteiger partial charge on any atom is 0.281 e. The van der Waals surface area contributed by atoms with Crippen LogP contribution in [0.25, 0.3) is 11.3 Å². The zero-order valence-corrected chi connectivity index (χ0v) is 23.2. The van der Waals surface area contributed by atoms with Gasteiger partial charge in [-0.15, -0.1) is 0 Å². The average Bonchev–Trinajstić information content (AvgIpc) is 3.46. The fraction of sp³-hybridized carbons (Fsp3) is 0.250. The minimum absolute atomic E-state index is 0.00801. The molecule has 0 bridgehead atoms. The lowest BCUT2D eigenvalue weighted by Gasteiger charge is -2.16. The Labute approximate surface area is 232 Å². The summed E-state index contributed by atoms with van der Waals surface area (Å²) in [5.74, 6) is 0.185. The van der Waals surface area contributed by atoms with Gasteiger partial charge >= 0.3 is 0 Å². The first-order valence-electron chi connectivity index (χ1n) is 12.7. The Morgan fingerprint density at radius 3 is 2.30 bits per heavy atom. The molecule has 0 unspecified atom stereocenters. The van der Waals surface area contributed by atoms with Crippen molar-refractivity contribution in [1.29, 1.82) is 0 Å². The number of anilines is 2. The molecule has 1 amide bonds. The second kappa shape index (κ2) is 10.9. The Morgan fingerprint density at radius 1 is 0.975 bits per heavy atom. The second-order valence-electron chi connectivity index (χ2n) is 9.68. The maximum absolute atomic E-state index is 13.3. The fourth-order valence-electron chi connectivity index (χ4n) is 4.62. The number of nitrogens with two attached hydrogens (primary N) is 1. The van der Waals surface area contributed by atoms with Crippen molar-refractivity contribution in [3.63, 3.8) is 0 Å². The number of nitrogen functional groups attached to an aromatic ring is 1. The number of nitrogens with zero attached hydrogens (tertiary/aromatic N) is 5. The Bertz CT molecular complexity index is 1660. The summed E-state index contributed by atoms with van der Waals surface area (Å²) in [5, 5.41) is -0.381. The minimum Gasteiger partial charge on any atom is -0.438 e. The van der Waals surface area contributed by atoms with Crippen LogP contribution in [0.3, 0.4) is 0 Å². The molecule has 1 aliphatic heterocycles. The van der Waals surface area contributed by atoms with Crippen LogP contribution in [0.4, 0.5) is 11.8 Å². The van der Waals surface area contributed by atoms with E-state index < -0.39 is 15.9 Å². The summed E-state index contributed by atoms with van der Waals surface area (Å²) in [6.45, 7) is 7.59. The fourth-order valence-corrected chi connectivity index (χ4v) is 5.56. The Balaban J connectivity index is 1.52. The molecular weight excluding hydrogens is 530 g/mol. The molecule has 0 radical (unpaired) electrons. The van der Waals surface area contributed by atoms with E-state index in [1.165, 1.54) is 24.3 Å². The zero-order chi connectivity index (χ0) is 28.4. The van der Waals surface area contributed by atoms with Gasteiger partial charge in [0.15, 0.2) is 5.03 Å². The molecule has 0 atom stereocenters. The Hall–Kier alpha value is -4.58. The van der Waals surface area contributed by atoms with Gasteiger partial charge in [0.2, 0.25) is 11.8 Å². The van der Waals surface area contributed by atoms with E-state index in [-0.39, 0.29) is 22.3 Å². The summed E-state index contributed by atoms with van der Waals surface area (Å²) in [5.41, 5.74) is 9.36. The number of hydrogen-bond donors (Lipinski definition) is 2. The van der Waals surface area contributed by atoms with Gasteiger partial charge in [-0.3, -0.25) is 4.79 Å². The number of carbonyl (C=O) groups excluding carboxylic acids is 1. The number of benzene rings is 1. The number of aromatic nitrogens is 4. The number of aryl methyl sites for hydroxylation is 3. The highest BCUT2D eigenvalue weighted by Gasteiger charge is 2.25. The molecule has 3 aromatic heterocycles. The zero-order valence-electron chi connectivity index (χ0n) is 22.4. The molecule has 1 aromatic carbocycles.